The van der Waals surface area contributed by atoms with Crippen LogP contribution in [0.5, 0.6) is 5.75 Å². The van der Waals surface area contributed by atoms with E-state index in [0.29, 0.717) is 24.5 Å². The predicted molar refractivity (Wildman–Crippen MR) is 135 cm³/mol. The van der Waals surface area contributed by atoms with Crippen LogP contribution in [0.3, 0.4) is 0 Å². The van der Waals surface area contributed by atoms with Gasteiger partial charge in [-0.1, -0.05) is 18.2 Å². The first kappa shape index (κ1) is 23.3. The molecule has 0 bridgehead atoms. The van der Waals surface area contributed by atoms with E-state index in [9.17, 15) is 10.1 Å². The minimum atomic E-state index is -0.287. The lowest BCUT2D eigenvalue weighted by atomic mass is 10.0. The highest BCUT2D eigenvalue weighted by Gasteiger charge is 2.22. The van der Waals surface area contributed by atoms with E-state index < -0.39 is 0 Å². The zero-order chi connectivity index (χ0) is 25.1. The summed E-state index contributed by atoms with van der Waals surface area (Å²) in [5, 5.41) is 16.7. The number of nitrogens with zero attached hydrogens (tertiary/aromatic N) is 4. The van der Waals surface area contributed by atoms with Crippen molar-refractivity contribution < 1.29 is 14.3 Å². The third-order valence-electron chi connectivity index (χ3n) is 6.13. The Bertz CT molecular complexity index is 1450. The number of ether oxygens (including phenoxy) is 2. The Hall–Kier alpha value is -4.48. The van der Waals surface area contributed by atoms with Crippen LogP contribution in [-0.2, 0) is 4.74 Å². The molecule has 36 heavy (non-hydrogen) atoms. The van der Waals surface area contributed by atoms with Gasteiger partial charge in [-0.3, -0.25) is 9.78 Å². The zero-order valence-electron chi connectivity index (χ0n) is 20.0. The molecule has 1 fully saturated rings. The molecule has 2 aromatic heterocycles. The van der Waals surface area contributed by atoms with E-state index in [1.807, 2.05) is 50.4 Å². The molecular formula is C28H25N5O3. The largest absolute Gasteiger partial charge is 0.485 e. The van der Waals surface area contributed by atoms with Gasteiger partial charge in [-0.15, -0.1) is 0 Å². The number of nitriles is 1. The van der Waals surface area contributed by atoms with E-state index in [2.05, 4.69) is 21.5 Å². The summed E-state index contributed by atoms with van der Waals surface area (Å²) in [6, 6.07) is 16.9. The predicted octanol–water partition coefficient (Wildman–Crippen LogP) is 4.90. The van der Waals surface area contributed by atoms with E-state index >= 15 is 0 Å². The van der Waals surface area contributed by atoms with Gasteiger partial charge in [0.15, 0.2) is 0 Å². The summed E-state index contributed by atoms with van der Waals surface area (Å²) in [6.45, 7) is 4.97. The normalized spacial score (nSPS) is 13.9. The van der Waals surface area contributed by atoms with Gasteiger partial charge in [-0.2, -0.15) is 10.4 Å². The average molecular weight is 480 g/mol. The lowest BCUT2D eigenvalue weighted by molar-refractivity contribution is -0.0794. The summed E-state index contributed by atoms with van der Waals surface area (Å²) >= 11 is 0. The number of amides is 1. The van der Waals surface area contributed by atoms with E-state index in [1.165, 1.54) is 0 Å². The first-order valence-corrected chi connectivity index (χ1v) is 11.7. The number of hydrogen-bond acceptors (Lipinski definition) is 6. The molecule has 8 nitrogen and oxygen atoms in total. The van der Waals surface area contributed by atoms with Crippen molar-refractivity contribution >= 4 is 11.6 Å². The maximum Gasteiger partial charge on any atom is 0.255 e. The van der Waals surface area contributed by atoms with Crippen LogP contribution in [0, 0.1) is 18.3 Å². The molecule has 1 aliphatic heterocycles. The Labute approximate surface area is 209 Å². The first-order valence-electron chi connectivity index (χ1n) is 11.7. The molecule has 1 atom stereocenters. The molecule has 1 amide bonds. The number of carbonyl (C=O) groups excluding carboxylic acids is 1. The molecule has 0 saturated carbocycles. The van der Waals surface area contributed by atoms with Gasteiger partial charge in [0.25, 0.3) is 5.91 Å². The van der Waals surface area contributed by atoms with Crippen LogP contribution in [0.4, 0.5) is 5.69 Å². The Morgan fingerprint density at radius 1 is 1.22 bits per heavy atom. The van der Waals surface area contributed by atoms with Crippen molar-refractivity contribution in [3.63, 3.8) is 0 Å². The van der Waals surface area contributed by atoms with Crippen LogP contribution in [0.25, 0.3) is 16.8 Å². The standard InChI is InChI=1S/C28H25N5O3/c1-18-6-7-23(32-28(34)21-5-3-4-20(10-21)19(2)12-29)11-26(18)33-15-22(13-31-33)25-14-30-9-8-27(25)36-24-16-35-17-24/h3-11,13-15,19,24H,16-17H2,1-2H3,(H,32,34). The molecule has 0 spiro atoms. The zero-order valence-corrected chi connectivity index (χ0v) is 20.0. The molecule has 1 N–H and O–H groups in total. The van der Waals surface area contributed by atoms with Crippen molar-refractivity contribution in [3.8, 4) is 28.6 Å². The molecular weight excluding hydrogens is 454 g/mol. The van der Waals surface area contributed by atoms with Crippen molar-refractivity contribution in [2.75, 3.05) is 18.5 Å². The number of aromatic nitrogens is 3. The number of anilines is 1. The van der Waals surface area contributed by atoms with Gasteiger partial charge in [0.2, 0.25) is 0 Å². The summed E-state index contributed by atoms with van der Waals surface area (Å²) in [5.74, 6) is 0.212. The Morgan fingerprint density at radius 2 is 2.08 bits per heavy atom. The van der Waals surface area contributed by atoms with Crippen LogP contribution in [0.2, 0.25) is 0 Å². The van der Waals surface area contributed by atoms with Crippen LogP contribution in [0.15, 0.2) is 73.3 Å². The van der Waals surface area contributed by atoms with Gasteiger partial charge in [-0.25, -0.2) is 4.68 Å². The molecule has 1 saturated heterocycles. The third kappa shape index (κ3) is 4.83. The summed E-state index contributed by atoms with van der Waals surface area (Å²) in [6.07, 6.45) is 7.21. The second-order valence-corrected chi connectivity index (χ2v) is 8.75. The van der Waals surface area contributed by atoms with Gasteiger partial charge >= 0.3 is 0 Å². The minimum absolute atomic E-state index is 0.0486. The van der Waals surface area contributed by atoms with Crippen LogP contribution >= 0.6 is 0 Å². The molecule has 3 heterocycles. The number of benzene rings is 2. The molecule has 0 aliphatic carbocycles. The van der Waals surface area contributed by atoms with Gasteiger partial charge in [0, 0.05) is 41.0 Å². The Kier molecular flexibility index (Phi) is 6.48. The second-order valence-electron chi connectivity index (χ2n) is 8.75. The van der Waals surface area contributed by atoms with Gasteiger partial charge in [-0.05, 0) is 55.3 Å². The molecule has 8 heteroatoms. The monoisotopic (exact) mass is 479 g/mol. The topological polar surface area (TPSA) is 102 Å². The van der Waals surface area contributed by atoms with Crippen molar-refractivity contribution in [2.45, 2.75) is 25.9 Å². The average Bonchev–Trinajstić information content (AvgIpc) is 3.37. The molecule has 2 aromatic carbocycles. The fraction of sp³-hybridized carbons (Fsp3) is 0.214. The fourth-order valence-corrected chi connectivity index (χ4v) is 3.92. The third-order valence-corrected chi connectivity index (χ3v) is 6.13. The van der Waals surface area contributed by atoms with Gasteiger partial charge in [0.1, 0.15) is 11.9 Å². The van der Waals surface area contributed by atoms with E-state index in [4.69, 9.17) is 9.47 Å². The van der Waals surface area contributed by atoms with E-state index in [-0.39, 0.29) is 17.9 Å². The lowest BCUT2D eigenvalue weighted by Gasteiger charge is -2.27. The van der Waals surface area contributed by atoms with Crippen molar-refractivity contribution in [1.29, 1.82) is 5.26 Å². The molecule has 180 valence electrons. The number of nitrogens with one attached hydrogen (secondary N) is 1. The van der Waals surface area contributed by atoms with Crippen LogP contribution < -0.4 is 10.1 Å². The quantitative estimate of drug-likeness (QED) is 0.405. The Morgan fingerprint density at radius 3 is 2.86 bits per heavy atom. The molecule has 0 radical (unpaired) electrons. The van der Waals surface area contributed by atoms with Crippen LogP contribution in [0.1, 0.15) is 34.3 Å². The first-order chi connectivity index (χ1) is 17.5. The SMILES string of the molecule is Cc1ccc(NC(=O)c2cccc(C(C)C#N)c2)cc1-n1cc(-c2cnccc2OC2COC2)cn1. The fourth-order valence-electron chi connectivity index (χ4n) is 3.92. The molecule has 1 aliphatic rings. The second kappa shape index (κ2) is 10.0. The highest BCUT2D eigenvalue weighted by atomic mass is 16.6. The number of aryl methyl sites for hydroxylation is 1. The number of pyridine rings is 1. The summed E-state index contributed by atoms with van der Waals surface area (Å²) < 4.78 is 13.0. The van der Waals surface area contributed by atoms with Gasteiger partial charge in [0.05, 0.1) is 37.1 Å². The molecule has 1 unspecified atom stereocenters. The lowest BCUT2D eigenvalue weighted by Crippen LogP contribution is -2.38. The van der Waals surface area contributed by atoms with E-state index in [0.717, 1.165) is 33.7 Å². The van der Waals surface area contributed by atoms with E-state index in [1.54, 1.807) is 41.5 Å². The highest BCUT2D eigenvalue weighted by molar-refractivity contribution is 6.04. The number of carbonyl (C=O) groups is 1. The molecule has 4 aromatic rings. The summed E-state index contributed by atoms with van der Waals surface area (Å²) in [7, 11) is 0. The molecule has 5 rings (SSSR count). The van der Waals surface area contributed by atoms with Crippen molar-refractivity contribution in [2.24, 2.45) is 0 Å². The highest BCUT2D eigenvalue weighted by Crippen LogP contribution is 2.31. The summed E-state index contributed by atoms with van der Waals surface area (Å²) in [4.78, 5) is 17.2. The maximum absolute atomic E-state index is 12.9. The van der Waals surface area contributed by atoms with Gasteiger partial charge < -0.3 is 14.8 Å². The number of rotatable bonds is 7. The maximum atomic E-state index is 12.9. The number of hydrogen-bond donors (Lipinski definition) is 1. The minimum Gasteiger partial charge on any atom is -0.485 e. The summed E-state index contributed by atoms with van der Waals surface area (Å²) in [5.41, 5.74) is 5.51. The van der Waals surface area contributed by atoms with Crippen molar-refractivity contribution in [3.05, 3.63) is 90.0 Å². The smallest absolute Gasteiger partial charge is 0.255 e. The van der Waals surface area contributed by atoms with Crippen molar-refractivity contribution in [1.82, 2.24) is 14.8 Å². The Balaban J connectivity index is 1.38. The van der Waals surface area contributed by atoms with Crippen LogP contribution in [-0.4, -0.2) is 40.0 Å².